The summed E-state index contributed by atoms with van der Waals surface area (Å²) in [7, 11) is -2.97. The van der Waals surface area contributed by atoms with Gasteiger partial charge in [-0.1, -0.05) is 17.7 Å². The average molecular weight is 387 g/mol. The normalized spacial score (nSPS) is 24.9. The largest absolute Gasteiger partial charge is 0.360 e. The first-order chi connectivity index (χ1) is 11.8. The fourth-order valence-electron chi connectivity index (χ4n) is 3.58. The second kappa shape index (κ2) is 7.51. The predicted molar refractivity (Wildman–Crippen MR) is 99.0 cm³/mol. The zero-order valence-corrected chi connectivity index (χ0v) is 15.9. The Labute approximate surface area is 154 Å². The summed E-state index contributed by atoms with van der Waals surface area (Å²) in [5.74, 6) is 0.203. The van der Waals surface area contributed by atoms with Gasteiger partial charge in [-0.25, -0.2) is 8.42 Å². The van der Waals surface area contributed by atoms with Crippen LogP contribution in [0.1, 0.15) is 13.3 Å². The number of rotatable bonds is 4. The molecule has 1 aromatic carbocycles. The molecule has 0 radical (unpaired) electrons. The summed E-state index contributed by atoms with van der Waals surface area (Å²) in [5, 5.41) is 3.64. The van der Waals surface area contributed by atoms with E-state index in [0.29, 0.717) is 6.42 Å². The number of nitrogens with zero attached hydrogens (tertiary/aromatic N) is 1. The topological polar surface area (TPSA) is 70.9 Å². The van der Waals surface area contributed by atoms with Crippen LogP contribution in [0.15, 0.2) is 24.3 Å². The minimum absolute atomic E-state index is 0.0479. The molecular formula is C17H25ClN3O3S+. The van der Waals surface area contributed by atoms with Crippen LogP contribution in [0.4, 0.5) is 5.69 Å². The zero-order valence-electron chi connectivity index (χ0n) is 14.4. The minimum Gasteiger partial charge on any atom is -0.360 e. The van der Waals surface area contributed by atoms with Crippen molar-refractivity contribution in [3.8, 4) is 0 Å². The van der Waals surface area contributed by atoms with Gasteiger partial charge in [0.05, 0.1) is 37.7 Å². The second-order valence-electron chi connectivity index (χ2n) is 6.96. The number of nitrogens with one attached hydrogen (secondary N) is 2. The van der Waals surface area contributed by atoms with Gasteiger partial charge in [0.2, 0.25) is 0 Å². The highest BCUT2D eigenvalue weighted by Gasteiger charge is 2.33. The van der Waals surface area contributed by atoms with Crippen molar-refractivity contribution in [3.05, 3.63) is 29.3 Å². The van der Waals surface area contributed by atoms with Crippen molar-refractivity contribution in [2.75, 3.05) is 42.6 Å². The average Bonchev–Trinajstić information content (AvgIpc) is 2.93. The van der Waals surface area contributed by atoms with Crippen LogP contribution in [0.25, 0.3) is 0 Å². The van der Waals surface area contributed by atoms with Crippen molar-refractivity contribution >= 4 is 33.0 Å². The molecule has 0 spiro atoms. The molecule has 2 saturated heterocycles. The predicted octanol–water partition coefficient (Wildman–Crippen LogP) is -0.263. The van der Waals surface area contributed by atoms with Crippen LogP contribution >= 0.6 is 11.6 Å². The summed E-state index contributed by atoms with van der Waals surface area (Å²) in [6.07, 6.45) is 0.526. The molecule has 1 aromatic rings. The van der Waals surface area contributed by atoms with Gasteiger partial charge in [-0.2, -0.15) is 0 Å². The number of benzene rings is 1. The molecule has 2 aliphatic heterocycles. The second-order valence-corrected chi connectivity index (χ2v) is 9.62. The fraction of sp³-hybridized carbons (Fsp3) is 0.588. The standard InChI is InChI=1S/C17H24ClN3O3S/c1-13(17(22)19-15-5-10-25(23,24)12-15)20-6-8-21(9-7-20)16-4-2-3-14(18)11-16/h2-4,11,13,15H,5-10,12H2,1H3,(H,19,22)/p+1/t13-,15-/m0/s1. The highest BCUT2D eigenvalue weighted by Crippen LogP contribution is 2.19. The van der Waals surface area contributed by atoms with E-state index in [1.807, 2.05) is 31.2 Å². The van der Waals surface area contributed by atoms with E-state index in [9.17, 15) is 13.2 Å². The molecule has 2 aliphatic rings. The SMILES string of the molecule is C[C@@H](C(=O)N[C@H]1CCS(=O)(=O)C1)[NH+]1CCN(c2cccc(Cl)c2)CC1. The summed E-state index contributed by atoms with van der Waals surface area (Å²) in [6.45, 7) is 5.38. The molecule has 2 fully saturated rings. The van der Waals surface area contributed by atoms with Gasteiger partial charge in [-0.05, 0) is 31.5 Å². The molecule has 0 aromatic heterocycles. The van der Waals surface area contributed by atoms with Crippen LogP contribution in [0.5, 0.6) is 0 Å². The Morgan fingerprint density at radius 2 is 2.08 bits per heavy atom. The number of quaternary nitrogens is 1. The van der Waals surface area contributed by atoms with Crippen molar-refractivity contribution < 1.29 is 18.1 Å². The van der Waals surface area contributed by atoms with E-state index in [-0.39, 0.29) is 29.5 Å². The van der Waals surface area contributed by atoms with Crippen LogP contribution in [0.2, 0.25) is 5.02 Å². The molecule has 0 bridgehead atoms. The molecule has 6 nitrogen and oxygen atoms in total. The number of hydrogen-bond donors (Lipinski definition) is 2. The van der Waals surface area contributed by atoms with Gasteiger partial charge in [0.25, 0.3) is 5.91 Å². The van der Waals surface area contributed by atoms with Crippen LogP contribution in [0, 0.1) is 0 Å². The lowest BCUT2D eigenvalue weighted by Crippen LogP contribution is -3.19. The first-order valence-electron chi connectivity index (χ1n) is 8.70. The lowest BCUT2D eigenvalue weighted by atomic mass is 10.1. The summed E-state index contributed by atoms with van der Waals surface area (Å²) in [6, 6.07) is 7.42. The molecule has 1 amide bonds. The Bertz CT molecular complexity index is 732. The maximum atomic E-state index is 12.4. The van der Waals surface area contributed by atoms with Crippen LogP contribution in [-0.2, 0) is 14.6 Å². The highest BCUT2D eigenvalue weighted by molar-refractivity contribution is 7.91. The molecule has 0 saturated carbocycles. The monoisotopic (exact) mass is 386 g/mol. The Balaban J connectivity index is 1.51. The highest BCUT2D eigenvalue weighted by atomic mass is 35.5. The lowest BCUT2D eigenvalue weighted by molar-refractivity contribution is -0.914. The van der Waals surface area contributed by atoms with E-state index in [2.05, 4.69) is 10.2 Å². The molecule has 8 heteroatoms. The van der Waals surface area contributed by atoms with E-state index in [4.69, 9.17) is 11.6 Å². The molecule has 2 N–H and O–H groups in total. The molecule has 0 aliphatic carbocycles. The van der Waals surface area contributed by atoms with Crippen LogP contribution in [0.3, 0.4) is 0 Å². The van der Waals surface area contributed by atoms with Crippen molar-refractivity contribution in [2.45, 2.75) is 25.4 Å². The first-order valence-corrected chi connectivity index (χ1v) is 10.9. The van der Waals surface area contributed by atoms with Gasteiger partial charge in [-0.3, -0.25) is 4.79 Å². The van der Waals surface area contributed by atoms with Crippen molar-refractivity contribution in [3.63, 3.8) is 0 Å². The first kappa shape index (κ1) is 18.5. The van der Waals surface area contributed by atoms with Crippen molar-refractivity contribution in [2.24, 2.45) is 0 Å². The van der Waals surface area contributed by atoms with E-state index in [1.54, 1.807) is 0 Å². The smallest absolute Gasteiger partial charge is 0.278 e. The number of hydrogen-bond acceptors (Lipinski definition) is 4. The molecule has 25 heavy (non-hydrogen) atoms. The van der Waals surface area contributed by atoms with Gasteiger partial charge in [0.1, 0.15) is 0 Å². The number of anilines is 1. The Morgan fingerprint density at radius 1 is 1.36 bits per heavy atom. The van der Waals surface area contributed by atoms with E-state index >= 15 is 0 Å². The third-order valence-corrected chi connectivity index (χ3v) is 7.17. The summed E-state index contributed by atoms with van der Waals surface area (Å²) < 4.78 is 23.0. The molecular weight excluding hydrogens is 362 g/mol. The van der Waals surface area contributed by atoms with Crippen LogP contribution in [-0.4, -0.2) is 64.1 Å². The lowest BCUT2D eigenvalue weighted by Gasteiger charge is -2.36. The molecule has 2 atom stereocenters. The Morgan fingerprint density at radius 3 is 2.68 bits per heavy atom. The summed E-state index contributed by atoms with van der Waals surface area (Å²) >= 11 is 6.06. The van der Waals surface area contributed by atoms with Crippen molar-refractivity contribution in [1.82, 2.24) is 5.32 Å². The van der Waals surface area contributed by atoms with Gasteiger partial charge in [0, 0.05) is 16.8 Å². The summed E-state index contributed by atoms with van der Waals surface area (Å²) in [4.78, 5) is 16.0. The van der Waals surface area contributed by atoms with E-state index < -0.39 is 9.84 Å². The molecule has 3 rings (SSSR count). The van der Waals surface area contributed by atoms with Crippen LogP contribution < -0.4 is 15.1 Å². The van der Waals surface area contributed by atoms with E-state index in [1.165, 1.54) is 4.90 Å². The zero-order chi connectivity index (χ0) is 18.0. The molecule has 138 valence electrons. The minimum atomic E-state index is -2.97. The fourth-order valence-corrected chi connectivity index (χ4v) is 5.44. The Hall–Kier alpha value is -1.31. The summed E-state index contributed by atoms with van der Waals surface area (Å²) in [5.41, 5.74) is 1.11. The van der Waals surface area contributed by atoms with E-state index in [0.717, 1.165) is 36.9 Å². The third kappa shape index (κ3) is 4.65. The Kier molecular flexibility index (Phi) is 5.55. The molecule has 0 unspecified atom stereocenters. The van der Waals surface area contributed by atoms with Gasteiger partial charge in [-0.15, -0.1) is 0 Å². The maximum absolute atomic E-state index is 12.4. The van der Waals surface area contributed by atoms with Gasteiger partial charge >= 0.3 is 0 Å². The van der Waals surface area contributed by atoms with Gasteiger partial charge in [0.15, 0.2) is 15.9 Å². The number of halogens is 1. The maximum Gasteiger partial charge on any atom is 0.278 e. The number of carbonyl (C=O) groups is 1. The number of carbonyl (C=O) groups excluding carboxylic acids is 1. The molecule has 2 heterocycles. The van der Waals surface area contributed by atoms with Crippen molar-refractivity contribution in [1.29, 1.82) is 0 Å². The number of sulfone groups is 1. The number of piperazine rings is 1. The quantitative estimate of drug-likeness (QED) is 0.747. The number of amides is 1. The third-order valence-electron chi connectivity index (χ3n) is 5.16. The van der Waals surface area contributed by atoms with Gasteiger partial charge < -0.3 is 15.1 Å².